The standard InChI is InChI=1S/C8H17N5/c1-3-5-6-13-8(7-9-4-2)10-11-12-13/h9H,3-7H2,1-2H3. The maximum absolute atomic E-state index is 3.95. The zero-order chi connectivity index (χ0) is 9.52. The molecular formula is C8H17N5. The minimum Gasteiger partial charge on any atom is -0.310 e. The van der Waals surface area contributed by atoms with E-state index in [0.717, 1.165) is 31.9 Å². The van der Waals surface area contributed by atoms with Gasteiger partial charge < -0.3 is 5.32 Å². The lowest BCUT2D eigenvalue weighted by molar-refractivity contribution is 0.520. The maximum Gasteiger partial charge on any atom is 0.165 e. The van der Waals surface area contributed by atoms with Crippen molar-refractivity contribution in [2.75, 3.05) is 6.54 Å². The molecule has 1 heterocycles. The predicted octanol–water partition coefficient (Wildman–Crippen LogP) is 0.583. The average molecular weight is 183 g/mol. The van der Waals surface area contributed by atoms with E-state index in [1.807, 2.05) is 4.68 Å². The van der Waals surface area contributed by atoms with E-state index < -0.39 is 0 Å². The Balaban J connectivity index is 2.45. The Morgan fingerprint density at radius 1 is 1.38 bits per heavy atom. The highest BCUT2D eigenvalue weighted by Gasteiger charge is 2.03. The Bertz CT molecular complexity index is 210. The summed E-state index contributed by atoms with van der Waals surface area (Å²) in [6.45, 7) is 6.85. The Hall–Kier alpha value is -0.970. The number of unbranched alkanes of at least 4 members (excludes halogenated alkanes) is 1. The summed E-state index contributed by atoms with van der Waals surface area (Å²) in [4.78, 5) is 0. The summed E-state index contributed by atoms with van der Waals surface area (Å²) < 4.78 is 1.87. The second-order valence-corrected chi connectivity index (χ2v) is 2.95. The van der Waals surface area contributed by atoms with Crippen molar-refractivity contribution >= 4 is 0 Å². The maximum atomic E-state index is 3.95. The van der Waals surface area contributed by atoms with E-state index in [1.54, 1.807) is 0 Å². The van der Waals surface area contributed by atoms with Gasteiger partial charge in [0.05, 0.1) is 6.54 Å². The Kier molecular flexibility index (Phi) is 4.39. The first-order chi connectivity index (χ1) is 6.38. The van der Waals surface area contributed by atoms with Crippen LogP contribution in [0.2, 0.25) is 0 Å². The third-order valence-electron chi connectivity index (χ3n) is 1.86. The van der Waals surface area contributed by atoms with E-state index in [-0.39, 0.29) is 0 Å². The molecule has 5 heteroatoms. The van der Waals surface area contributed by atoms with Crippen molar-refractivity contribution < 1.29 is 0 Å². The molecule has 0 aliphatic rings. The molecule has 0 aromatic carbocycles. The summed E-state index contributed by atoms with van der Waals surface area (Å²) in [5.41, 5.74) is 0. The molecule has 0 unspecified atom stereocenters. The fourth-order valence-corrected chi connectivity index (χ4v) is 1.07. The smallest absolute Gasteiger partial charge is 0.165 e. The summed E-state index contributed by atoms with van der Waals surface area (Å²) >= 11 is 0. The number of tetrazole rings is 1. The minimum atomic E-state index is 0.757. The van der Waals surface area contributed by atoms with Crippen LogP contribution in [-0.2, 0) is 13.1 Å². The molecule has 0 bridgehead atoms. The number of hydrogen-bond acceptors (Lipinski definition) is 4. The predicted molar refractivity (Wildman–Crippen MR) is 50.1 cm³/mol. The van der Waals surface area contributed by atoms with Crippen LogP contribution < -0.4 is 5.32 Å². The number of nitrogens with zero attached hydrogens (tertiary/aromatic N) is 4. The lowest BCUT2D eigenvalue weighted by atomic mass is 10.3. The molecule has 5 nitrogen and oxygen atoms in total. The SMILES string of the molecule is CCCCn1nnnc1CNCC. The van der Waals surface area contributed by atoms with Crippen LogP contribution in [0.4, 0.5) is 0 Å². The van der Waals surface area contributed by atoms with E-state index in [4.69, 9.17) is 0 Å². The van der Waals surface area contributed by atoms with Gasteiger partial charge in [0.15, 0.2) is 5.82 Å². The van der Waals surface area contributed by atoms with Crippen LogP contribution in [0.15, 0.2) is 0 Å². The van der Waals surface area contributed by atoms with E-state index in [2.05, 4.69) is 34.7 Å². The van der Waals surface area contributed by atoms with Crippen LogP contribution in [-0.4, -0.2) is 26.8 Å². The normalized spacial score (nSPS) is 10.6. The molecule has 1 rings (SSSR count). The first-order valence-corrected chi connectivity index (χ1v) is 4.84. The monoisotopic (exact) mass is 183 g/mol. The van der Waals surface area contributed by atoms with Crippen molar-refractivity contribution in [1.82, 2.24) is 25.5 Å². The summed E-state index contributed by atoms with van der Waals surface area (Å²) in [6.07, 6.45) is 2.30. The lowest BCUT2D eigenvalue weighted by Crippen LogP contribution is -2.17. The zero-order valence-electron chi connectivity index (χ0n) is 8.32. The van der Waals surface area contributed by atoms with Crippen LogP contribution >= 0.6 is 0 Å². The highest BCUT2D eigenvalue weighted by Crippen LogP contribution is 1.96. The Morgan fingerprint density at radius 3 is 2.92 bits per heavy atom. The van der Waals surface area contributed by atoms with E-state index in [1.165, 1.54) is 6.42 Å². The fraction of sp³-hybridized carbons (Fsp3) is 0.875. The van der Waals surface area contributed by atoms with Gasteiger partial charge in [-0.15, -0.1) is 5.10 Å². The van der Waals surface area contributed by atoms with Crippen LogP contribution in [0.5, 0.6) is 0 Å². The van der Waals surface area contributed by atoms with Crippen molar-refractivity contribution in [3.05, 3.63) is 5.82 Å². The quantitative estimate of drug-likeness (QED) is 0.701. The summed E-state index contributed by atoms with van der Waals surface area (Å²) in [5.74, 6) is 0.926. The van der Waals surface area contributed by atoms with Crippen molar-refractivity contribution in [2.45, 2.75) is 39.8 Å². The Labute approximate surface area is 78.5 Å². The molecule has 13 heavy (non-hydrogen) atoms. The van der Waals surface area contributed by atoms with Gasteiger partial charge in [0.2, 0.25) is 0 Å². The number of rotatable bonds is 6. The number of aromatic nitrogens is 4. The Morgan fingerprint density at radius 2 is 2.23 bits per heavy atom. The van der Waals surface area contributed by atoms with Crippen LogP contribution in [0, 0.1) is 0 Å². The molecule has 1 aromatic rings. The highest BCUT2D eigenvalue weighted by molar-refractivity contribution is 4.79. The molecule has 1 aromatic heterocycles. The van der Waals surface area contributed by atoms with Gasteiger partial charge in [0.1, 0.15) is 0 Å². The van der Waals surface area contributed by atoms with Gasteiger partial charge in [-0.25, -0.2) is 4.68 Å². The summed E-state index contributed by atoms with van der Waals surface area (Å²) in [6, 6.07) is 0. The lowest BCUT2D eigenvalue weighted by Gasteiger charge is -2.02. The largest absolute Gasteiger partial charge is 0.310 e. The molecule has 0 fully saturated rings. The average Bonchev–Trinajstić information content (AvgIpc) is 2.59. The first-order valence-electron chi connectivity index (χ1n) is 4.84. The van der Waals surface area contributed by atoms with Crippen molar-refractivity contribution in [3.8, 4) is 0 Å². The number of nitrogens with one attached hydrogen (secondary N) is 1. The fourth-order valence-electron chi connectivity index (χ4n) is 1.07. The summed E-state index contributed by atoms with van der Waals surface area (Å²) in [7, 11) is 0. The summed E-state index contributed by atoms with van der Waals surface area (Å²) in [5, 5.41) is 14.7. The topological polar surface area (TPSA) is 55.6 Å². The molecule has 0 saturated carbocycles. The second-order valence-electron chi connectivity index (χ2n) is 2.95. The third-order valence-corrected chi connectivity index (χ3v) is 1.86. The van der Waals surface area contributed by atoms with Gasteiger partial charge in [0.25, 0.3) is 0 Å². The van der Waals surface area contributed by atoms with Gasteiger partial charge in [-0.2, -0.15) is 0 Å². The van der Waals surface area contributed by atoms with Gasteiger partial charge >= 0.3 is 0 Å². The van der Waals surface area contributed by atoms with E-state index in [9.17, 15) is 0 Å². The minimum absolute atomic E-state index is 0.757. The molecule has 0 amide bonds. The van der Waals surface area contributed by atoms with Gasteiger partial charge in [-0.1, -0.05) is 20.3 Å². The molecule has 0 radical (unpaired) electrons. The number of aryl methyl sites for hydroxylation is 1. The zero-order valence-corrected chi connectivity index (χ0v) is 8.32. The molecule has 0 atom stereocenters. The van der Waals surface area contributed by atoms with Crippen molar-refractivity contribution in [3.63, 3.8) is 0 Å². The molecule has 0 saturated heterocycles. The van der Waals surface area contributed by atoms with E-state index in [0.29, 0.717) is 0 Å². The van der Waals surface area contributed by atoms with Crippen LogP contribution in [0.3, 0.4) is 0 Å². The van der Waals surface area contributed by atoms with Crippen molar-refractivity contribution in [1.29, 1.82) is 0 Å². The number of hydrogen-bond donors (Lipinski definition) is 1. The van der Waals surface area contributed by atoms with Crippen molar-refractivity contribution in [2.24, 2.45) is 0 Å². The van der Waals surface area contributed by atoms with Gasteiger partial charge in [-0.05, 0) is 23.4 Å². The van der Waals surface area contributed by atoms with Crippen LogP contribution in [0.25, 0.3) is 0 Å². The molecule has 0 aliphatic heterocycles. The van der Waals surface area contributed by atoms with E-state index >= 15 is 0 Å². The first kappa shape index (κ1) is 10.1. The molecule has 74 valence electrons. The molecule has 0 aliphatic carbocycles. The van der Waals surface area contributed by atoms with Crippen LogP contribution in [0.1, 0.15) is 32.5 Å². The molecular weight excluding hydrogens is 166 g/mol. The second kappa shape index (κ2) is 5.64. The third kappa shape index (κ3) is 3.10. The van der Waals surface area contributed by atoms with Gasteiger partial charge in [-0.3, -0.25) is 0 Å². The highest BCUT2D eigenvalue weighted by atomic mass is 15.5. The molecule has 1 N–H and O–H groups in total. The molecule has 0 spiro atoms. The van der Waals surface area contributed by atoms with Gasteiger partial charge in [0, 0.05) is 6.54 Å².